The highest BCUT2D eigenvalue weighted by Gasteiger charge is 2.18. The van der Waals surface area contributed by atoms with Crippen LogP contribution in [0.25, 0.3) is 39.2 Å². The molecule has 0 spiro atoms. The van der Waals surface area contributed by atoms with Crippen LogP contribution in [0.3, 0.4) is 0 Å². The van der Waals surface area contributed by atoms with Gasteiger partial charge in [0.2, 0.25) is 0 Å². The average Bonchev–Trinajstić information content (AvgIpc) is 3.19. The lowest BCUT2D eigenvalue weighted by Gasteiger charge is -2.13. The van der Waals surface area contributed by atoms with Gasteiger partial charge >= 0.3 is 0 Å². The molecule has 0 bridgehead atoms. The Balaban J connectivity index is 1.83. The average molecular weight is 426 g/mol. The summed E-state index contributed by atoms with van der Waals surface area (Å²) in [6, 6.07) is 33.1. The minimum atomic E-state index is 0.822. The summed E-state index contributed by atoms with van der Waals surface area (Å²) in [5, 5.41) is 11.5. The van der Waals surface area contributed by atoms with E-state index in [1.165, 1.54) is 10.8 Å². The van der Waals surface area contributed by atoms with Crippen molar-refractivity contribution in [3.05, 3.63) is 102 Å². The number of nitrogens with zero attached hydrogens (tertiary/aromatic N) is 3. The van der Waals surface area contributed by atoms with Gasteiger partial charge in [-0.05, 0) is 23.6 Å². The van der Waals surface area contributed by atoms with Crippen molar-refractivity contribution in [1.29, 1.82) is 0 Å². The Morgan fingerprint density at radius 3 is 1.93 bits per heavy atom. The second kappa shape index (κ2) is 7.06. The summed E-state index contributed by atoms with van der Waals surface area (Å²) in [5.74, 6) is 1.65. The van der Waals surface area contributed by atoms with E-state index in [9.17, 15) is 0 Å². The normalized spacial score (nSPS) is 11.0. The van der Waals surface area contributed by atoms with Crippen LogP contribution in [0.2, 0.25) is 0 Å². The maximum Gasteiger partial charge on any atom is 0.168 e. The molecule has 4 heteroatoms. The minimum absolute atomic E-state index is 0.822. The van der Waals surface area contributed by atoms with Crippen LogP contribution < -0.4 is 0 Å². The number of rotatable bonds is 3. The molecule has 4 aromatic carbocycles. The molecule has 0 N–H and O–H groups in total. The van der Waals surface area contributed by atoms with E-state index in [0.717, 1.165) is 32.9 Å². The first kappa shape index (κ1) is 16.9. The highest BCUT2D eigenvalue weighted by atomic mass is 79.9. The summed E-state index contributed by atoms with van der Waals surface area (Å²) in [4.78, 5) is 0. The van der Waals surface area contributed by atoms with E-state index < -0.39 is 0 Å². The van der Waals surface area contributed by atoms with Crippen LogP contribution in [0.4, 0.5) is 0 Å². The third-order valence-corrected chi connectivity index (χ3v) is 5.33. The van der Waals surface area contributed by atoms with E-state index in [1.54, 1.807) is 0 Å². The summed E-state index contributed by atoms with van der Waals surface area (Å²) in [7, 11) is 0. The van der Waals surface area contributed by atoms with Gasteiger partial charge in [-0.15, -0.1) is 10.2 Å². The molecule has 0 aliphatic carbocycles. The lowest BCUT2D eigenvalue weighted by molar-refractivity contribution is 1.08. The van der Waals surface area contributed by atoms with Gasteiger partial charge in [-0.2, -0.15) is 0 Å². The molecule has 0 atom stereocenters. The fourth-order valence-electron chi connectivity index (χ4n) is 3.48. The molecule has 1 heterocycles. The molecule has 0 aliphatic rings. The zero-order chi connectivity index (χ0) is 18.9. The first-order chi connectivity index (χ1) is 13.8. The van der Waals surface area contributed by atoms with Crippen molar-refractivity contribution in [2.75, 3.05) is 0 Å². The van der Waals surface area contributed by atoms with E-state index in [0.29, 0.717) is 0 Å². The summed E-state index contributed by atoms with van der Waals surface area (Å²) in [6.45, 7) is 0. The van der Waals surface area contributed by atoms with Crippen LogP contribution in [0, 0.1) is 0 Å². The smallest absolute Gasteiger partial charge is 0.168 e. The Labute approximate surface area is 171 Å². The van der Waals surface area contributed by atoms with Gasteiger partial charge in [0.05, 0.1) is 5.69 Å². The van der Waals surface area contributed by atoms with Crippen LogP contribution in [0.15, 0.2) is 102 Å². The van der Waals surface area contributed by atoms with Gasteiger partial charge in [0.15, 0.2) is 11.6 Å². The zero-order valence-corrected chi connectivity index (χ0v) is 16.5. The van der Waals surface area contributed by atoms with Crippen molar-refractivity contribution < 1.29 is 0 Å². The highest BCUT2D eigenvalue weighted by molar-refractivity contribution is 9.10. The van der Waals surface area contributed by atoms with Crippen molar-refractivity contribution in [3.63, 3.8) is 0 Å². The van der Waals surface area contributed by atoms with Crippen LogP contribution in [-0.4, -0.2) is 14.8 Å². The molecular formula is C24H16BrN3. The van der Waals surface area contributed by atoms with Crippen molar-refractivity contribution >= 4 is 26.7 Å². The number of aromatic nitrogens is 3. The molecule has 28 heavy (non-hydrogen) atoms. The molecule has 0 aliphatic heterocycles. The Kier molecular flexibility index (Phi) is 4.26. The maximum absolute atomic E-state index is 4.57. The second-order valence-electron chi connectivity index (χ2n) is 6.55. The fourth-order valence-corrected chi connectivity index (χ4v) is 3.74. The van der Waals surface area contributed by atoms with Crippen LogP contribution in [0.1, 0.15) is 0 Å². The summed E-state index contributed by atoms with van der Waals surface area (Å²) in [5.41, 5.74) is 3.12. The third-order valence-electron chi connectivity index (χ3n) is 4.80. The molecule has 5 rings (SSSR count). The summed E-state index contributed by atoms with van der Waals surface area (Å²) < 4.78 is 3.19. The fraction of sp³-hybridized carbons (Fsp3) is 0. The Hall–Kier alpha value is -3.24. The van der Waals surface area contributed by atoms with E-state index >= 15 is 0 Å². The molecule has 0 saturated heterocycles. The molecule has 3 nitrogen and oxygen atoms in total. The van der Waals surface area contributed by atoms with E-state index in [-0.39, 0.29) is 0 Å². The standard InChI is InChI=1S/C24H16BrN3/c25-20-15-13-19(14-16-20)24-27-26-23(18-8-2-1-3-9-18)28(24)22-12-6-10-17-7-4-5-11-21(17)22/h1-16H. The van der Waals surface area contributed by atoms with Crippen molar-refractivity contribution in [3.8, 4) is 28.5 Å². The number of hydrogen-bond acceptors (Lipinski definition) is 2. The van der Waals surface area contributed by atoms with Gasteiger partial charge in [-0.3, -0.25) is 4.57 Å². The number of benzene rings is 4. The van der Waals surface area contributed by atoms with Crippen molar-refractivity contribution in [2.45, 2.75) is 0 Å². The number of halogens is 1. The minimum Gasteiger partial charge on any atom is -0.274 e. The molecular weight excluding hydrogens is 410 g/mol. The van der Waals surface area contributed by atoms with Gasteiger partial charge in [0.1, 0.15) is 0 Å². The summed E-state index contributed by atoms with van der Waals surface area (Å²) in [6.07, 6.45) is 0. The number of hydrogen-bond donors (Lipinski definition) is 0. The van der Waals surface area contributed by atoms with E-state index in [2.05, 4.69) is 97.4 Å². The lowest BCUT2D eigenvalue weighted by Crippen LogP contribution is -2.01. The Morgan fingerprint density at radius 2 is 1.18 bits per heavy atom. The maximum atomic E-state index is 4.57. The van der Waals surface area contributed by atoms with Gasteiger partial charge in [0, 0.05) is 21.0 Å². The molecule has 5 aromatic rings. The first-order valence-electron chi connectivity index (χ1n) is 9.06. The monoisotopic (exact) mass is 425 g/mol. The predicted octanol–water partition coefficient (Wildman–Crippen LogP) is 6.52. The molecule has 1 aromatic heterocycles. The molecule has 0 fully saturated rings. The van der Waals surface area contributed by atoms with Crippen molar-refractivity contribution in [1.82, 2.24) is 14.8 Å². The van der Waals surface area contributed by atoms with Gasteiger partial charge < -0.3 is 0 Å². The first-order valence-corrected chi connectivity index (χ1v) is 9.85. The molecule has 134 valence electrons. The van der Waals surface area contributed by atoms with Crippen molar-refractivity contribution in [2.24, 2.45) is 0 Å². The topological polar surface area (TPSA) is 30.7 Å². The van der Waals surface area contributed by atoms with Crippen LogP contribution in [0.5, 0.6) is 0 Å². The third kappa shape index (κ3) is 2.92. The predicted molar refractivity (Wildman–Crippen MR) is 117 cm³/mol. The quantitative estimate of drug-likeness (QED) is 0.329. The Bertz CT molecular complexity index is 1250. The lowest BCUT2D eigenvalue weighted by atomic mass is 10.1. The second-order valence-corrected chi connectivity index (χ2v) is 7.47. The van der Waals surface area contributed by atoms with Gasteiger partial charge in [-0.1, -0.05) is 94.8 Å². The molecule has 0 saturated carbocycles. The van der Waals surface area contributed by atoms with E-state index in [1.807, 2.05) is 30.3 Å². The highest BCUT2D eigenvalue weighted by Crippen LogP contribution is 2.32. The molecule has 0 radical (unpaired) electrons. The van der Waals surface area contributed by atoms with Crippen LogP contribution >= 0.6 is 15.9 Å². The largest absolute Gasteiger partial charge is 0.274 e. The van der Waals surface area contributed by atoms with E-state index in [4.69, 9.17) is 0 Å². The van der Waals surface area contributed by atoms with Gasteiger partial charge in [0.25, 0.3) is 0 Å². The zero-order valence-electron chi connectivity index (χ0n) is 15.0. The van der Waals surface area contributed by atoms with Gasteiger partial charge in [-0.25, -0.2) is 0 Å². The summed E-state index contributed by atoms with van der Waals surface area (Å²) >= 11 is 3.51. The number of fused-ring (bicyclic) bond motifs is 1. The molecule has 0 unspecified atom stereocenters. The SMILES string of the molecule is Brc1ccc(-c2nnc(-c3ccccc3)n2-c2cccc3ccccc23)cc1. The van der Waals surface area contributed by atoms with Crippen LogP contribution in [-0.2, 0) is 0 Å². The Morgan fingerprint density at radius 1 is 0.571 bits per heavy atom. The molecule has 0 amide bonds.